The van der Waals surface area contributed by atoms with Gasteiger partial charge in [0.2, 0.25) is 0 Å². The molecule has 0 aliphatic rings. The third-order valence-corrected chi connectivity index (χ3v) is 3.95. The minimum Gasteiger partial charge on any atom is -0.497 e. The van der Waals surface area contributed by atoms with Gasteiger partial charge in [-0.2, -0.15) is 0 Å². The Morgan fingerprint density at radius 3 is 2.24 bits per heavy atom. The van der Waals surface area contributed by atoms with E-state index in [1.165, 1.54) is 37.7 Å². The normalized spacial score (nSPS) is 9.84. The van der Waals surface area contributed by atoms with Gasteiger partial charge in [0.15, 0.2) is 0 Å². The van der Waals surface area contributed by atoms with Crippen molar-refractivity contribution in [2.45, 2.75) is 0 Å². The number of rotatable bonds is 6. The second kappa shape index (κ2) is 8.69. The van der Waals surface area contributed by atoms with Crippen molar-refractivity contribution in [3.63, 3.8) is 0 Å². The van der Waals surface area contributed by atoms with Crippen LogP contribution in [0.4, 0.5) is 0 Å². The molecule has 0 aliphatic heterocycles. The molecule has 0 bridgehead atoms. The van der Waals surface area contributed by atoms with E-state index < -0.39 is 11.8 Å². The smallest absolute Gasteiger partial charge is 0.269 e. The van der Waals surface area contributed by atoms with E-state index in [1.807, 2.05) is 0 Å². The van der Waals surface area contributed by atoms with Crippen LogP contribution in [0.3, 0.4) is 0 Å². The average molecular weight is 363 g/mol. The number of nitrogens with one attached hydrogen (secondary N) is 3. The lowest BCUT2D eigenvalue weighted by molar-refractivity contribution is -0.120. The van der Waals surface area contributed by atoms with Crippen LogP contribution < -0.4 is 25.6 Å². The van der Waals surface area contributed by atoms with E-state index in [9.17, 15) is 14.4 Å². The third-order valence-electron chi connectivity index (χ3n) is 3.08. The zero-order chi connectivity index (χ0) is 18.2. The predicted octanol–water partition coefficient (Wildman–Crippen LogP) is 0.956. The minimum atomic E-state index is -0.562. The van der Waals surface area contributed by atoms with Crippen molar-refractivity contribution in [1.82, 2.24) is 16.2 Å². The highest BCUT2D eigenvalue weighted by atomic mass is 32.1. The summed E-state index contributed by atoms with van der Waals surface area (Å²) in [7, 11) is 2.93. The van der Waals surface area contributed by atoms with Crippen molar-refractivity contribution in [2.75, 3.05) is 20.8 Å². The number of benzene rings is 1. The lowest BCUT2D eigenvalue weighted by Crippen LogP contribution is -2.46. The molecule has 0 saturated heterocycles. The maximum absolute atomic E-state index is 12.1. The number of carbonyl (C=O) groups is 3. The van der Waals surface area contributed by atoms with Crippen molar-refractivity contribution in [2.24, 2.45) is 0 Å². The van der Waals surface area contributed by atoms with Crippen molar-refractivity contribution in [3.05, 3.63) is 46.2 Å². The second-order valence-electron chi connectivity index (χ2n) is 4.76. The summed E-state index contributed by atoms with van der Waals surface area (Å²) in [4.78, 5) is 36.0. The van der Waals surface area contributed by atoms with Crippen LogP contribution in [0.2, 0.25) is 0 Å². The number of ether oxygens (including phenoxy) is 2. The summed E-state index contributed by atoms with van der Waals surface area (Å²) in [5.41, 5.74) is 4.74. The Hall–Kier alpha value is -3.07. The molecule has 1 heterocycles. The third kappa shape index (κ3) is 5.21. The summed E-state index contributed by atoms with van der Waals surface area (Å²) in [6.07, 6.45) is 0. The van der Waals surface area contributed by atoms with Gasteiger partial charge in [-0.1, -0.05) is 6.07 Å². The molecule has 1 aromatic carbocycles. The SMILES string of the molecule is COc1cc(OC)cc(C(=O)NNC(=O)CNC(=O)c2cccs2)c1. The molecular formula is C16H17N3O5S. The summed E-state index contributed by atoms with van der Waals surface area (Å²) in [5, 5.41) is 4.21. The van der Waals surface area contributed by atoms with Crippen LogP contribution in [-0.2, 0) is 4.79 Å². The molecule has 9 heteroatoms. The van der Waals surface area contributed by atoms with E-state index in [0.717, 1.165) is 0 Å². The molecule has 0 saturated carbocycles. The molecule has 25 heavy (non-hydrogen) atoms. The quantitative estimate of drug-likeness (QED) is 0.663. The first kappa shape index (κ1) is 18.3. The fourth-order valence-electron chi connectivity index (χ4n) is 1.84. The van der Waals surface area contributed by atoms with Crippen molar-refractivity contribution >= 4 is 29.1 Å². The Balaban J connectivity index is 1.85. The van der Waals surface area contributed by atoms with Crippen LogP contribution in [0.1, 0.15) is 20.0 Å². The number of carbonyl (C=O) groups excluding carboxylic acids is 3. The summed E-state index contributed by atoms with van der Waals surface area (Å²) in [6.45, 7) is -0.265. The molecule has 2 rings (SSSR count). The zero-order valence-corrected chi connectivity index (χ0v) is 14.4. The van der Waals surface area contributed by atoms with Gasteiger partial charge in [-0.3, -0.25) is 25.2 Å². The molecule has 1 aromatic heterocycles. The van der Waals surface area contributed by atoms with E-state index >= 15 is 0 Å². The van der Waals surface area contributed by atoms with Gasteiger partial charge in [0.25, 0.3) is 17.7 Å². The van der Waals surface area contributed by atoms with E-state index in [-0.39, 0.29) is 18.0 Å². The van der Waals surface area contributed by atoms with Crippen LogP contribution in [0.15, 0.2) is 35.7 Å². The molecule has 132 valence electrons. The van der Waals surface area contributed by atoms with Crippen molar-refractivity contribution in [1.29, 1.82) is 0 Å². The van der Waals surface area contributed by atoms with Crippen LogP contribution >= 0.6 is 11.3 Å². The first-order valence-corrected chi connectivity index (χ1v) is 8.05. The number of hydrogen-bond donors (Lipinski definition) is 3. The molecule has 3 amide bonds. The minimum absolute atomic E-state index is 0.249. The maximum atomic E-state index is 12.1. The molecule has 0 unspecified atom stereocenters. The Bertz CT molecular complexity index is 739. The van der Waals surface area contributed by atoms with E-state index in [0.29, 0.717) is 16.4 Å². The molecule has 0 aliphatic carbocycles. The number of methoxy groups -OCH3 is 2. The molecular weight excluding hydrogens is 346 g/mol. The van der Waals surface area contributed by atoms with Gasteiger partial charge >= 0.3 is 0 Å². The van der Waals surface area contributed by atoms with E-state index in [1.54, 1.807) is 23.6 Å². The Morgan fingerprint density at radius 1 is 1.00 bits per heavy atom. The lowest BCUT2D eigenvalue weighted by atomic mass is 10.2. The first-order valence-electron chi connectivity index (χ1n) is 7.17. The molecule has 3 N–H and O–H groups in total. The Kier molecular flexibility index (Phi) is 6.35. The fourth-order valence-corrected chi connectivity index (χ4v) is 2.48. The summed E-state index contributed by atoms with van der Waals surface area (Å²) in [5.74, 6) is -0.574. The van der Waals surface area contributed by atoms with Crippen LogP contribution in [-0.4, -0.2) is 38.5 Å². The first-order chi connectivity index (χ1) is 12.0. The van der Waals surface area contributed by atoms with E-state index in [4.69, 9.17) is 9.47 Å². The topological polar surface area (TPSA) is 106 Å². The molecule has 0 spiro atoms. The van der Waals surface area contributed by atoms with Gasteiger partial charge in [0.05, 0.1) is 25.6 Å². The predicted molar refractivity (Wildman–Crippen MR) is 91.8 cm³/mol. The number of amides is 3. The maximum Gasteiger partial charge on any atom is 0.269 e. The second-order valence-corrected chi connectivity index (χ2v) is 5.71. The lowest BCUT2D eigenvalue weighted by Gasteiger charge is -2.10. The van der Waals surface area contributed by atoms with Gasteiger partial charge in [0.1, 0.15) is 11.5 Å². The number of hydrogen-bond acceptors (Lipinski definition) is 6. The molecule has 0 fully saturated rings. The van der Waals surface area contributed by atoms with Gasteiger partial charge in [-0.15, -0.1) is 11.3 Å². The Labute approximate surface area is 148 Å². The average Bonchev–Trinajstić information content (AvgIpc) is 3.18. The van der Waals surface area contributed by atoms with E-state index in [2.05, 4.69) is 16.2 Å². The van der Waals surface area contributed by atoms with Gasteiger partial charge < -0.3 is 14.8 Å². The molecule has 0 radical (unpaired) electrons. The fraction of sp³-hybridized carbons (Fsp3) is 0.188. The standard InChI is InChI=1S/C16H17N3O5S/c1-23-11-6-10(7-12(8-11)24-2)15(21)19-18-14(20)9-17-16(22)13-4-3-5-25-13/h3-8H,9H2,1-2H3,(H,17,22)(H,18,20)(H,19,21). The molecule has 8 nitrogen and oxygen atoms in total. The van der Waals surface area contributed by atoms with Crippen molar-refractivity contribution < 1.29 is 23.9 Å². The summed E-state index contributed by atoms with van der Waals surface area (Å²) < 4.78 is 10.2. The highest BCUT2D eigenvalue weighted by Crippen LogP contribution is 2.22. The van der Waals surface area contributed by atoms with Gasteiger partial charge in [0, 0.05) is 11.6 Å². The van der Waals surface area contributed by atoms with Gasteiger partial charge in [-0.05, 0) is 23.6 Å². The van der Waals surface area contributed by atoms with Crippen LogP contribution in [0.25, 0.3) is 0 Å². The number of hydrazine groups is 1. The largest absolute Gasteiger partial charge is 0.497 e. The van der Waals surface area contributed by atoms with Gasteiger partial charge in [-0.25, -0.2) is 0 Å². The molecule has 0 atom stereocenters. The zero-order valence-electron chi connectivity index (χ0n) is 13.6. The summed E-state index contributed by atoms with van der Waals surface area (Å²) >= 11 is 1.27. The number of thiophene rings is 1. The van der Waals surface area contributed by atoms with Crippen LogP contribution in [0.5, 0.6) is 11.5 Å². The summed E-state index contributed by atoms with van der Waals surface area (Å²) in [6, 6.07) is 8.01. The monoisotopic (exact) mass is 363 g/mol. The molecule has 2 aromatic rings. The van der Waals surface area contributed by atoms with Crippen molar-refractivity contribution in [3.8, 4) is 11.5 Å². The Morgan fingerprint density at radius 2 is 1.68 bits per heavy atom. The highest BCUT2D eigenvalue weighted by Gasteiger charge is 2.12. The van der Waals surface area contributed by atoms with Crippen LogP contribution in [0, 0.1) is 0 Å². The highest BCUT2D eigenvalue weighted by molar-refractivity contribution is 7.12.